The Balaban J connectivity index is 1.61. The number of hydrogen-bond acceptors (Lipinski definition) is 2. The molecule has 0 heterocycles. The predicted octanol–water partition coefficient (Wildman–Crippen LogP) is 3.22. The molecule has 88 valence electrons. The zero-order valence-corrected chi connectivity index (χ0v) is 11.2. The van der Waals surface area contributed by atoms with Crippen molar-refractivity contribution in [2.45, 2.75) is 25.8 Å². The zero-order valence-electron chi connectivity index (χ0n) is 9.58. The van der Waals surface area contributed by atoms with Crippen LogP contribution in [-0.4, -0.2) is 19.2 Å². The molecule has 1 fully saturated rings. The van der Waals surface area contributed by atoms with E-state index in [0.717, 1.165) is 35.3 Å². The maximum atomic E-state index is 5.64. The lowest BCUT2D eigenvalue weighted by molar-refractivity contribution is 0.312. The Labute approximate surface area is 106 Å². The molecule has 1 aliphatic rings. The number of rotatable bonds is 6. The molecular weight excluding hydrogens is 266 g/mol. The summed E-state index contributed by atoms with van der Waals surface area (Å²) < 4.78 is 6.70. The Morgan fingerprint density at radius 3 is 3.06 bits per heavy atom. The molecular formula is C13H18BrNO. The van der Waals surface area contributed by atoms with Crippen molar-refractivity contribution in [1.29, 1.82) is 0 Å². The van der Waals surface area contributed by atoms with E-state index in [1.165, 1.54) is 12.8 Å². The Bertz CT molecular complexity index is 342. The summed E-state index contributed by atoms with van der Waals surface area (Å²) >= 11 is 3.43. The highest BCUT2D eigenvalue weighted by molar-refractivity contribution is 9.10. The summed E-state index contributed by atoms with van der Waals surface area (Å²) in [5.41, 5.74) is 0. The Morgan fingerprint density at radius 2 is 2.38 bits per heavy atom. The van der Waals surface area contributed by atoms with Crippen molar-refractivity contribution in [2.24, 2.45) is 5.92 Å². The lowest BCUT2D eigenvalue weighted by atomic mass is 10.3. The Morgan fingerprint density at radius 1 is 1.50 bits per heavy atom. The van der Waals surface area contributed by atoms with Crippen LogP contribution in [0.4, 0.5) is 0 Å². The largest absolute Gasteiger partial charge is 0.492 e. The summed E-state index contributed by atoms with van der Waals surface area (Å²) in [4.78, 5) is 0. The first-order chi connectivity index (χ1) is 7.79. The van der Waals surface area contributed by atoms with E-state index in [0.29, 0.717) is 0 Å². The van der Waals surface area contributed by atoms with E-state index in [1.54, 1.807) is 0 Å². The molecule has 2 atom stereocenters. The number of hydrogen-bond donors (Lipinski definition) is 1. The molecule has 16 heavy (non-hydrogen) atoms. The predicted molar refractivity (Wildman–Crippen MR) is 69.8 cm³/mol. The van der Waals surface area contributed by atoms with Crippen molar-refractivity contribution in [3.8, 4) is 5.75 Å². The van der Waals surface area contributed by atoms with Crippen LogP contribution in [0.25, 0.3) is 0 Å². The number of benzene rings is 1. The van der Waals surface area contributed by atoms with Crippen molar-refractivity contribution in [2.75, 3.05) is 13.2 Å². The number of ether oxygens (including phenoxy) is 1. The van der Waals surface area contributed by atoms with E-state index in [1.807, 2.05) is 24.3 Å². The topological polar surface area (TPSA) is 21.3 Å². The third kappa shape index (κ3) is 3.49. The molecule has 1 saturated carbocycles. The van der Waals surface area contributed by atoms with Gasteiger partial charge in [0, 0.05) is 17.1 Å². The summed E-state index contributed by atoms with van der Waals surface area (Å²) in [7, 11) is 0. The van der Waals surface area contributed by atoms with Crippen molar-refractivity contribution >= 4 is 15.9 Å². The van der Waals surface area contributed by atoms with Crippen LogP contribution in [0.15, 0.2) is 28.7 Å². The van der Waals surface area contributed by atoms with Crippen LogP contribution in [0.1, 0.15) is 19.8 Å². The van der Waals surface area contributed by atoms with Crippen molar-refractivity contribution in [3.05, 3.63) is 28.7 Å². The maximum absolute atomic E-state index is 5.64. The van der Waals surface area contributed by atoms with Gasteiger partial charge in [-0.2, -0.15) is 0 Å². The molecule has 0 saturated heterocycles. The maximum Gasteiger partial charge on any atom is 0.120 e. The molecule has 1 N–H and O–H groups in total. The van der Waals surface area contributed by atoms with E-state index in [-0.39, 0.29) is 0 Å². The van der Waals surface area contributed by atoms with Crippen LogP contribution in [0.5, 0.6) is 5.75 Å². The summed E-state index contributed by atoms with van der Waals surface area (Å²) in [5.74, 6) is 1.84. The van der Waals surface area contributed by atoms with Gasteiger partial charge in [0.05, 0.1) is 0 Å². The molecule has 0 spiro atoms. The fraction of sp³-hybridized carbons (Fsp3) is 0.538. The number of halogens is 1. The molecule has 1 aromatic carbocycles. The highest BCUT2D eigenvalue weighted by atomic mass is 79.9. The van der Waals surface area contributed by atoms with Gasteiger partial charge in [0.25, 0.3) is 0 Å². The van der Waals surface area contributed by atoms with Crippen molar-refractivity contribution in [3.63, 3.8) is 0 Å². The fourth-order valence-corrected chi connectivity index (χ4v) is 2.30. The van der Waals surface area contributed by atoms with E-state index < -0.39 is 0 Å². The Hall–Kier alpha value is -0.540. The highest BCUT2D eigenvalue weighted by Crippen LogP contribution is 2.32. The molecule has 0 aliphatic heterocycles. The van der Waals surface area contributed by atoms with Crippen LogP contribution in [-0.2, 0) is 0 Å². The van der Waals surface area contributed by atoms with E-state index in [9.17, 15) is 0 Å². The van der Waals surface area contributed by atoms with Gasteiger partial charge in [-0.05, 0) is 30.5 Å². The molecule has 0 aromatic heterocycles. The lowest BCUT2D eigenvalue weighted by Crippen LogP contribution is -2.24. The van der Waals surface area contributed by atoms with E-state index in [2.05, 4.69) is 28.2 Å². The smallest absolute Gasteiger partial charge is 0.120 e. The van der Waals surface area contributed by atoms with Gasteiger partial charge in [-0.25, -0.2) is 0 Å². The number of nitrogens with one attached hydrogen (secondary N) is 1. The highest BCUT2D eigenvalue weighted by Gasteiger charge is 2.34. The summed E-state index contributed by atoms with van der Waals surface area (Å²) in [6, 6.07) is 8.71. The molecule has 0 radical (unpaired) electrons. The second-order valence-corrected chi connectivity index (χ2v) is 5.19. The first kappa shape index (κ1) is 11.9. The molecule has 2 unspecified atom stereocenters. The van der Waals surface area contributed by atoms with Gasteiger partial charge in [0.1, 0.15) is 12.4 Å². The minimum atomic E-state index is 0.739. The van der Waals surface area contributed by atoms with Crippen LogP contribution in [0, 0.1) is 5.92 Å². The van der Waals surface area contributed by atoms with Gasteiger partial charge in [0.2, 0.25) is 0 Å². The zero-order chi connectivity index (χ0) is 11.4. The first-order valence-corrected chi connectivity index (χ1v) is 6.70. The standard InChI is InChI=1S/C13H18BrNO/c1-2-10-8-13(10)15-6-7-16-12-5-3-4-11(14)9-12/h3-5,9-10,13,15H,2,6-8H2,1H3. The second-order valence-electron chi connectivity index (χ2n) is 4.27. The Kier molecular flexibility index (Phi) is 4.24. The quantitative estimate of drug-likeness (QED) is 0.810. The third-order valence-electron chi connectivity index (χ3n) is 3.02. The van der Waals surface area contributed by atoms with Crippen LogP contribution in [0.2, 0.25) is 0 Å². The SMILES string of the molecule is CCC1CC1NCCOc1cccc(Br)c1. The van der Waals surface area contributed by atoms with Crippen molar-refractivity contribution in [1.82, 2.24) is 5.32 Å². The molecule has 2 rings (SSSR count). The van der Waals surface area contributed by atoms with Crippen LogP contribution < -0.4 is 10.1 Å². The summed E-state index contributed by atoms with van der Waals surface area (Å²) in [5, 5.41) is 3.51. The van der Waals surface area contributed by atoms with E-state index >= 15 is 0 Å². The molecule has 2 nitrogen and oxygen atoms in total. The van der Waals surface area contributed by atoms with Gasteiger partial charge in [-0.15, -0.1) is 0 Å². The van der Waals surface area contributed by atoms with Crippen LogP contribution >= 0.6 is 15.9 Å². The molecule has 0 amide bonds. The monoisotopic (exact) mass is 283 g/mol. The summed E-state index contributed by atoms with van der Waals surface area (Å²) in [6.45, 7) is 3.93. The van der Waals surface area contributed by atoms with Gasteiger partial charge in [-0.3, -0.25) is 0 Å². The van der Waals surface area contributed by atoms with Gasteiger partial charge in [-0.1, -0.05) is 35.3 Å². The van der Waals surface area contributed by atoms with Gasteiger partial charge >= 0.3 is 0 Å². The van der Waals surface area contributed by atoms with Gasteiger partial charge < -0.3 is 10.1 Å². The van der Waals surface area contributed by atoms with Gasteiger partial charge in [0.15, 0.2) is 0 Å². The van der Waals surface area contributed by atoms with Crippen molar-refractivity contribution < 1.29 is 4.74 Å². The minimum absolute atomic E-state index is 0.739. The average Bonchev–Trinajstić information content (AvgIpc) is 3.03. The molecule has 3 heteroatoms. The second kappa shape index (κ2) is 5.69. The average molecular weight is 284 g/mol. The van der Waals surface area contributed by atoms with E-state index in [4.69, 9.17) is 4.74 Å². The van der Waals surface area contributed by atoms with Crippen LogP contribution in [0.3, 0.4) is 0 Å². The molecule has 0 bridgehead atoms. The first-order valence-electron chi connectivity index (χ1n) is 5.91. The lowest BCUT2D eigenvalue weighted by Gasteiger charge is -2.07. The molecule has 1 aliphatic carbocycles. The third-order valence-corrected chi connectivity index (χ3v) is 3.51. The normalized spacial score (nSPS) is 23.1. The minimum Gasteiger partial charge on any atom is -0.492 e. The molecule has 1 aromatic rings. The summed E-state index contributed by atoms with van der Waals surface area (Å²) in [6.07, 6.45) is 2.64. The fourth-order valence-electron chi connectivity index (χ4n) is 1.92.